The standard InChI is InChI=1S/C15H28N2O2S2/c1-6-7-16-9-14-8-15(11-20-14)21(18,19)17(13(4)5)10-12(2)3/h8,11-13,16H,6-7,9-10H2,1-5H3. The summed E-state index contributed by atoms with van der Waals surface area (Å²) < 4.78 is 27.1. The van der Waals surface area contributed by atoms with Gasteiger partial charge in [0.05, 0.1) is 4.90 Å². The van der Waals surface area contributed by atoms with Crippen LogP contribution >= 0.6 is 11.3 Å². The summed E-state index contributed by atoms with van der Waals surface area (Å²) in [5, 5.41) is 5.06. The van der Waals surface area contributed by atoms with Crippen LogP contribution in [0.5, 0.6) is 0 Å². The van der Waals surface area contributed by atoms with Crippen LogP contribution in [0.2, 0.25) is 0 Å². The summed E-state index contributed by atoms with van der Waals surface area (Å²) in [6.07, 6.45) is 1.08. The minimum Gasteiger partial charge on any atom is -0.312 e. The predicted octanol–water partition coefficient (Wildman–Crippen LogP) is 3.30. The van der Waals surface area contributed by atoms with Crippen molar-refractivity contribution >= 4 is 21.4 Å². The molecule has 0 atom stereocenters. The van der Waals surface area contributed by atoms with Crippen LogP contribution in [0.3, 0.4) is 0 Å². The fourth-order valence-corrected chi connectivity index (χ4v) is 5.09. The Morgan fingerprint density at radius 3 is 2.48 bits per heavy atom. The summed E-state index contributed by atoms with van der Waals surface area (Å²) in [5.41, 5.74) is 0. The molecule has 0 aliphatic carbocycles. The Morgan fingerprint density at radius 1 is 1.29 bits per heavy atom. The predicted molar refractivity (Wildman–Crippen MR) is 90.2 cm³/mol. The number of hydrogen-bond acceptors (Lipinski definition) is 4. The van der Waals surface area contributed by atoms with Gasteiger partial charge in [-0.3, -0.25) is 0 Å². The topological polar surface area (TPSA) is 49.4 Å². The summed E-state index contributed by atoms with van der Waals surface area (Å²) in [7, 11) is -3.39. The van der Waals surface area contributed by atoms with Gasteiger partial charge in [0.1, 0.15) is 0 Å². The molecule has 0 aliphatic rings. The Morgan fingerprint density at radius 2 is 1.95 bits per heavy atom. The molecular weight excluding hydrogens is 304 g/mol. The Hall–Kier alpha value is -0.430. The van der Waals surface area contributed by atoms with Crippen LogP contribution in [0, 0.1) is 5.92 Å². The van der Waals surface area contributed by atoms with Gasteiger partial charge in [0, 0.05) is 29.4 Å². The van der Waals surface area contributed by atoms with Gasteiger partial charge in [0.25, 0.3) is 0 Å². The van der Waals surface area contributed by atoms with E-state index in [1.54, 1.807) is 15.8 Å². The first-order valence-electron chi connectivity index (χ1n) is 7.59. The van der Waals surface area contributed by atoms with Crippen molar-refractivity contribution in [2.45, 2.75) is 58.5 Å². The highest BCUT2D eigenvalue weighted by Crippen LogP contribution is 2.24. The second kappa shape index (κ2) is 8.27. The maximum absolute atomic E-state index is 12.8. The van der Waals surface area contributed by atoms with Gasteiger partial charge >= 0.3 is 0 Å². The molecule has 4 nitrogen and oxygen atoms in total. The first-order valence-corrected chi connectivity index (χ1v) is 9.91. The van der Waals surface area contributed by atoms with E-state index in [1.807, 2.05) is 27.7 Å². The molecule has 0 unspecified atom stereocenters. The zero-order chi connectivity index (χ0) is 16.0. The molecule has 1 aromatic heterocycles. The number of nitrogens with zero attached hydrogens (tertiary/aromatic N) is 1. The molecule has 1 rings (SSSR count). The van der Waals surface area contributed by atoms with Gasteiger partial charge in [0.2, 0.25) is 10.0 Å². The van der Waals surface area contributed by atoms with Crippen molar-refractivity contribution < 1.29 is 8.42 Å². The van der Waals surface area contributed by atoms with Crippen LogP contribution in [-0.4, -0.2) is 31.9 Å². The molecular formula is C15H28N2O2S2. The lowest BCUT2D eigenvalue weighted by molar-refractivity contribution is 0.319. The van der Waals surface area contributed by atoms with Gasteiger partial charge < -0.3 is 5.32 Å². The molecule has 0 radical (unpaired) electrons. The van der Waals surface area contributed by atoms with Crippen LogP contribution in [0.4, 0.5) is 0 Å². The molecule has 6 heteroatoms. The zero-order valence-electron chi connectivity index (χ0n) is 13.7. The maximum Gasteiger partial charge on any atom is 0.244 e. The van der Waals surface area contributed by atoms with Gasteiger partial charge in [-0.25, -0.2) is 8.42 Å². The van der Waals surface area contributed by atoms with Gasteiger partial charge in [-0.2, -0.15) is 4.31 Å². The molecule has 1 aromatic rings. The summed E-state index contributed by atoms with van der Waals surface area (Å²) in [4.78, 5) is 1.49. The summed E-state index contributed by atoms with van der Waals surface area (Å²) in [6, 6.07) is 1.78. The van der Waals surface area contributed by atoms with Crippen LogP contribution in [-0.2, 0) is 16.6 Å². The van der Waals surface area contributed by atoms with Gasteiger partial charge in [0.15, 0.2) is 0 Å². The van der Waals surface area contributed by atoms with Gasteiger partial charge in [-0.05, 0) is 38.8 Å². The third-order valence-corrected chi connectivity index (χ3v) is 6.19. The number of hydrogen-bond donors (Lipinski definition) is 1. The lowest BCUT2D eigenvalue weighted by Crippen LogP contribution is -2.39. The quantitative estimate of drug-likeness (QED) is 0.706. The molecule has 0 saturated carbocycles. The second-order valence-electron chi connectivity index (χ2n) is 5.99. The van der Waals surface area contributed by atoms with Crippen LogP contribution < -0.4 is 5.32 Å². The van der Waals surface area contributed by atoms with Crippen LogP contribution in [0.25, 0.3) is 0 Å². The van der Waals surface area contributed by atoms with Gasteiger partial charge in [-0.15, -0.1) is 11.3 Å². The minimum atomic E-state index is -3.39. The molecule has 0 fully saturated rings. The molecule has 21 heavy (non-hydrogen) atoms. The Bertz CT molecular complexity index is 522. The number of rotatable bonds is 9. The highest BCUT2D eigenvalue weighted by Gasteiger charge is 2.28. The van der Waals surface area contributed by atoms with Gasteiger partial charge in [-0.1, -0.05) is 20.8 Å². The minimum absolute atomic E-state index is 0.0287. The zero-order valence-corrected chi connectivity index (χ0v) is 15.4. The van der Waals surface area contributed by atoms with Crippen molar-refractivity contribution in [3.8, 4) is 0 Å². The van der Waals surface area contributed by atoms with Crippen LogP contribution in [0.1, 0.15) is 45.9 Å². The van der Waals surface area contributed by atoms with E-state index in [0.29, 0.717) is 17.4 Å². The van der Waals surface area contributed by atoms with Crippen molar-refractivity contribution in [3.63, 3.8) is 0 Å². The van der Waals surface area contributed by atoms with E-state index in [4.69, 9.17) is 0 Å². The Balaban J connectivity index is 2.90. The molecule has 0 aromatic carbocycles. The van der Waals surface area contributed by atoms with E-state index < -0.39 is 10.0 Å². The highest BCUT2D eigenvalue weighted by molar-refractivity contribution is 7.89. The van der Waals surface area contributed by atoms with E-state index in [-0.39, 0.29) is 6.04 Å². The molecule has 0 saturated heterocycles. The molecule has 1 N–H and O–H groups in total. The molecule has 0 spiro atoms. The molecule has 1 heterocycles. The van der Waals surface area contributed by atoms with Crippen molar-refractivity contribution in [2.75, 3.05) is 13.1 Å². The SMILES string of the molecule is CCCNCc1cc(S(=O)(=O)N(CC(C)C)C(C)C)cs1. The lowest BCUT2D eigenvalue weighted by Gasteiger charge is -2.27. The van der Waals surface area contributed by atoms with Crippen molar-refractivity contribution in [3.05, 3.63) is 16.3 Å². The maximum atomic E-state index is 12.8. The Labute approximate surface area is 133 Å². The number of sulfonamides is 1. The van der Waals surface area contributed by atoms with E-state index in [2.05, 4.69) is 12.2 Å². The van der Waals surface area contributed by atoms with Crippen molar-refractivity contribution in [1.29, 1.82) is 0 Å². The number of nitrogens with one attached hydrogen (secondary N) is 1. The first kappa shape index (κ1) is 18.6. The fraction of sp³-hybridized carbons (Fsp3) is 0.733. The highest BCUT2D eigenvalue weighted by atomic mass is 32.2. The monoisotopic (exact) mass is 332 g/mol. The van der Waals surface area contributed by atoms with E-state index in [9.17, 15) is 8.42 Å². The van der Waals surface area contributed by atoms with Crippen molar-refractivity contribution in [1.82, 2.24) is 9.62 Å². The summed E-state index contributed by atoms with van der Waals surface area (Å²) in [5.74, 6) is 0.312. The molecule has 0 aliphatic heterocycles. The molecule has 122 valence electrons. The average molecular weight is 333 g/mol. The second-order valence-corrected chi connectivity index (χ2v) is 8.87. The van der Waals surface area contributed by atoms with Crippen LogP contribution in [0.15, 0.2) is 16.3 Å². The third-order valence-electron chi connectivity index (χ3n) is 3.08. The lowest BCUT2D eigenvalue weighted by atomic mass is 10.2. The van der Waals surface area contributed by atoms with E-state index in [0.717, 1.165) is 24.4 Å². The first-order chi connectivity index (χ1) is 9.78. The van der Waals surface area contributed by atoms with Crippen molar-refractivity contribution in [2.24, 2.45) is 5.92 Å². The number of thiophene rings is 1. The molecule has 0 bridgehead atoms. The fourth-order valence-electron chi connectivity index (χ4n) is 2.06. The molecule has 0 amide bonds. The third kappa shape index (κ3) is 5.36. The van der Waals surface area contributed by atoms with E-state index >= 15 is 0 Å². The largest absolute Gasteiger partial charge is 0.312 e. The Kier molecular flexibility index (Phi) is 7.33. The smallest absolute Gasteiger partial charge is 0.244 e. The average Bonchev–Trinajstić information content (AvgIpc) is 2.85. The van der Waals surface area contributed by atoms with E-state index in [1.165, 1.54) is 11.3 Å². The summed E-state index contributed by atoms with van der Waals surface area (Å²) >= 11 is 1.51. The summed E-state index contributed by atoms with van der Waals surface area (Å²) in [6.45, 7) is 12.3. The normalized spacial score (nSPS) is 12.8.